The van der Waals surface area contributed by atoms with Crippen LogP contribution < -0.4 is 11.1 Å². The summed E-state index contributed by atoms with van der Waals surface area (Å²) in [6.45, 7) is 0.490. The Balaban J connectivity index is 1.80. The lowest BCUT2D eigenvalue weighted by Gasteiger charge is -2.07. The first-order valence-electron chi connectivity index (χ1n) is 6.49. The Morgan fingerprint density at radius 3 is 2.70 bits per heavy atom. The Morgan fingerprint density at radius 2 is 1.95 bits per heavy atom. The van der Waals surface area contributed by atoms with Gasteiger partial charge in [0.25, 0.3) is 0 Å². The zero-order valence-corrected chi connectivity index (χ0v) is 11.9. The number of para-hydroxylation sites is 1. The van der Waals surface area contributed by atoms with E-state index in [9.17, 15) is 4.79 Å². The van der Waals surface area contributed by atoms with Gasteiger partial charge < -0.3 is 11.1 Å². The predicted molar refractivity (Wildman–Crippen MR) is 82.5 cm³/mol. The molecule has 0 unspecified atom stereocenters. The number of nitrogen functional groups attached to an aromatic ring is 1. The molecular weight excluding hydrogens is 272 g/mol. The van der Waals surface area contributed by atoms with Crippen LogP contribution in [0.25, 0.3) is 0 Å². The van der Waals surface area contributed by atoms with Crippen molar-refractivity contribution in [1.29, 1.82) is 0 Å². The molecule has 104 valence electrons. The fourth-order valence-electron chi connectivity index (χ4n) is 1.95. The van der Waals surface area contributed by atoms with Crippen molar-refractivity contribution in [2.45, 2.75) is 19.4 Å². The van der Waals surface area contributed by atoms with E-state index in [-0.39, 0.29) is 5.91 Å². The van der Waals surface area contributed by atoms with Gasteiger partial charge in [-0.3, -0.25) is 4.79 Å². The maximum Gasteiger partial charge on any atom is 0.220 e. The second-order valence-electron chi connectivity index (χ2n) is 4.61. The van der Waals surface area contributed by atoms with E-state index in [1.165, 1.54) is 0 Å². The number of amides is 1. The normalized spacial score (nSPS) is 10.2. The van der Waals surface area contributed by atoms with Crippen molar-refractivity contribution in [3.8, 4) is 0 Å². The number of anilines is 1. The molecule has 0 bridgehead atoms. The molecular formula is C16H17ClN2O. The molecule has 2 aromatic carbocycles. The van der Waals surface area contributed by atoms with Gasteiger partial charge in [-0.25, -0.2) is 0 Å². The van der Waals surface area contributed by atoms with Crippen LogP contribution in [0.4, 0.5) is 5.69 Å². The molecule has 0 aliphatic carbocycles. The maximum atomic E-state index is 11.8. The van der Waals surface area contributed by atoms with Gasteiger partial charge in [-0.1, -0.05) is 41.9 Å². The van der Waals surface area contributed by atoms with Crippen molar-refractivity contribution in [2.75, 3.05) is 5.73 Å². The third kappa shape index (κ3) is 4.28. The highest BCUT2D eigenvalue weighted by atomic mass is 35.5. The lowest BCUT2D eigenvalue weighted by molar-refractivity contribution is -0.121. The largest absolute Gasteiger partial charge is 0.399 e. The summed E-state index contributed by atoms with van der Waals surface area (Å²) in [5.74, 6) is 0.00762. The van der Waals surface area contributed by atoms with Crippen molar-refractivity contribution in [3.05, 3.63) is 64.7 Å². The standard InChI is InChI=1S/C16H17ClN2O/c17-14-6-3-4-12(10-14)11-19-16(20)9-8-13-5-1-2-7-15(13)18/h1-7,10H,8-9,11,18H2,(H,19,20). The van der Waals surface area contributed by atoms with Crippen LogP contribution in [0.15, 0.2) is 48.5 Å². The van der Waals surface area contributed by atoms with Crippen LogP contribution in [0.2, 0.25) is 5.02 Å². The molecule has 20 heavy (non-hydrogen) atoms. The van der Waals surface area contributed by atoms with E-state index in [0.29, 0.717) is 24.4 Å². The molecule has 0 saturated carbocycles. The minimum Gasteiger partial charge on any atom is -0.399 e. The summed E-state index contributed by atoms with van der Waals surface area (Å²) in [7, 11) is 0. The first kappa shape index (κ1) is 14.4. The van der Waals surface area contributed by atoms with Gasteiger partial charge in [-0.05, 0) is 35.7 Å². The van der Waals surface area contributed by atoms with Gasteiger partial charge in [0, 0.05) is 23.7 Å². The number of nitrogens with one attached hydrogen (secondary N) is 1. The van der Waals surface area contributed by atoms with Crippen LogP contribution in [-0.4, -0.2) is 5.91 Å². The van der Waals surface area contributed by atoms with Gasteiger partial charge in [-0.2, -0.15) is 0 Å². The minimum atomic E-state index is 0.00762. The smallest absolute Gasteiger partial charge is 0.220 e. The van der Waals surface area contributed by atoms with Gasteiger partial charge in [0.15, 0.2) is 0 Å². The summed E-state index contributed by atoms with van der Waals surface area (Å²) in [5.41, 5.74) is 8.57. The van der Waals surface area contributed by atoms with Crippen LogP contribution in [0.5, 0.6) is 0 Å². The summed E-state index contributed by atoms with van der Waals surface area (Å²) in [6.07, 6.45) is 1.07. The molecule has 0 spiro atoms. The van der Waals surface area contributed by atoms with Crippen molar-refractivity contribution in [1.82, 2.24) is 5.32 Å². The summed E-state index contributed by atoms with van der Waals surface area (Å²) >= 11 is 5.89. The fraction of sp³-hybridized carbons (Fsp3) is 0.188. The van der Waals surface area contributed by atoms with Crippen molar-refractivity contribution in [3.63, 3.8) is 0 Å². The highest BCUT2D eigenvalue weighted by Crippen LogP contribution is 2.13. The number of nitrogens with two attached hydrogens (primary N) is 1. The quantitative estimate of drug-likeness (QED) is 0.830. The summed E-state index contributed by atoms with van der Waals surface area (Å²) < 4.78 is 0. The number of hydrogen-bond acceptors (Lipinski definition) is 2. The average Bonchev–Trinajstić information content (AvgIpc) is 2.44. The first-order valence-corrected chi connectivity index (χ1v) is 6.87. The van der Waals surface area contributed by atoms with E-state index in [0.717, 1.165) is 16.8 Å². The second-order valence-corrected chi connectivity index (χ2v) is 5.04. The lowest BCUT2D eigenvalue weighted by Crippen LogP contribution is -2.23. The Morgan fingerprint density at radius 1 is 1.15 bits per heavy atom. The molecule has 4 heteroatoms. The highest BCUT2D eigenvalue weighted by molar-refractivity contribution is 6.30. The van der Waals surface area contributed by atoms with Crippen LogP contribution >= 0.6 is 11.6 Å². The third-order valence-corrected chi connectivity index (χ3v) is 3.29. The lowest BCUT2D eigenvalue weighted by atomic mass is 10.1. The second kappa shape index (κ2) is 6.96. The molecule has 1 amide bonds. The Kier molecular flexibility index (Phi) is 5.02. The van der Waals surface area contributed by atoms with E-state index < -0.39 is 0 Å². The van der Waals surface area contributed by atoms with Gasteiger partial charge in [0.2, 0.25) is 5.91 Å². The number of halogens is 1. The van der Waals surface area contributed by atoms with Gasteiger partial charge >= 0.3 is 0 Å². The molecule has 0 aliphatic heterocycles. The summed E-state index contributed by atoms with van der Waals surface area (Å²) in [6, 6.07) is 15.1. The number of benzene rings is 2. The monoisotopic (exact) mass is 288 g/mol. The molecule has 0 fully saturated rings. The van der Waals surface area contributed by atoms with E-state index in [1.54, 1.807) is 0 Å². The van der Waals surface area contributed by atoms with Crippen molar-refractivity contribution < 1.29 is 4.79 Å². The topological polar surface area (TPSA) is 55.1 Å². The average molecular weight is 289 g/mol. The summed E-state index contributed by atoms with van der Waals surface area (Å²) in [4.78, 5) is 11.8. The number of hydrogen-bond donors (Lipinski definition) is 2. The van der Waals surface area contributed by atoms with Crippen LogP contribution in [0, 0.1) is 0 Å². The molecule has 0 saturated heterocycles. The molecule has 0 heterocycles. The SMILES string of the molecule is Nc1ccccc1CCC(=O)NCc1cccc(Cl)c1. The van der Waals surface area contributed by atoms with Crippen molar-refractivity contribution in [2.24, 2.45) is 0 Å². The van der Waals surface area contributed by atoms with E-state index in [1.807, 2.05) is 48.5 Å². The van der Waals surface area contributed by atoms with Gasteiger partial charge in [-0.15, -0.1) is 0 Å². The molecule has 0 aromatic heterocycles. The number of aryl methyl sites for hydroxylation is 1. The number of carbonyl (C=O) groups is 1. The third-order valence-electron chi connectivity index (χ3n) is 3.06. The molecule has 2 rings (SSSR count). The van der Waals surface area contributed by atoms with Crippen molar-refractivity contribution >= 4 is 23.2 Å². The Bertz CT molecular complexity index is 599. The van der Waals surface area contributed by atoms with E-state index in [2.05, 4.69) is 5.32 Å². The molecule has 2 aromatic rings. The van der Waals surface area contributed by atoms with Gasteiger partial charge in [0.05, 0.1) is 0 Å². The fourth-order valence-corrected chi connectivity index (χ4v) is 2.16. The van der Waals surface area contributed by atoms with Crippen LogP contribution in [0.1, 0.15) is 17.5 Å². The molecule has 0 aliphatic rings. The molecule has 0 radical (unpaired) electrons. The van der Waals surface area contributed by atoms with E-state index in [4.69, 9.17) is 17.3 Å². The van der Waals surface area contributed by atoms with Crippen LogP contribution in [-0.2, 0) is 17.8 Å². The zero-order valence-electron chi connectivity index (χ0n) is 11.1. The summed E-state index contributed by atoms with van der Waals surface area (Å²) in [5, 5.41) is 3.55. The maximum absolute atomic E-state index is 11.8. The minimum absolute atomic E-state index is 0.00762. The number of rotatable bonds is 5. The number of carbonyl (C=O) groups excluding carboxylic acids is 1. The van der Waals surface area contributed by atoms with Gasteiger partial charge in [0.1, 0.15) is 0 Å². The first-order chi connectivity index (χ1) is 9.65. The van der Waals surface area contributed by atoms with E-state index >= 15 is 0 Å². The molecule has 3 nitrogen and oxygen atoms in total. The van der Waals surface area contributed by atoms with Crippen LogP contribution in [0.3, 0.4) is 0 Å². The highest BCUT2D eigenvalue weighted by Gasteiger charge is 2.04. The zero-order chi connectivity index (χ0) is 14.4. The molecule has 3 N–H and O–H groups in total. The Hall–Kier alpha value is -2.00. The Labute approximate surface area is 123 Å². The molecule has 0 atom stereocenters. The predicted octanol–water partition coefficient (Wildman–Crippen LogP) is 3.17.